The first-order valence-corrected chi connectivity index (χ1v) is 10.1. The molecule has 1 fully saturated rings. The van der Waals surface area contributed by atoms with Crippen molar-refractivity contribution in [3.8, 4) is 17.1 Å². The maximum Gasteiger partial charge on any atom is 0.387 e. The van der Waals surface area contributed by atoms with Gasteiger partial charge in [-0.2, -0.15) is 13.8 Å². The van der Waals surface area contributed by atoms with Crippen LogP contribution in [0.4, 0.5) is 8.78 Å². The molecule has 3 rings (SSSR count). The Morgan fingerprint density at radius 2 is 1.93 bits per heavy atom. The standard InChI is InChI=1S/C20H27F2N5O3/c1-3-14(2)23-17(28)12-26-8-10-27(11-9-26)13-18-24-19(25-30-18)15-6-4-5-7-16(15)29-20(21)22/h4-7,14,20H,3,8-13H2,1-2H3,(H,23,28). The van der Waals surface area contributed by atoms with Crippen LogP contribution in [0.3, 0.4) is 0 Å². The molecule has 2 heterocycles. The zero-order valence-corrected chi connectivity index (χ0v) is 17.2. The van der Waals surface area contributed by atoms with Crippen molar-refractivity contribution in [1.29, 1.82) is 0 Å². The Bertz CT molecular complexity index is 824. The highest BCUT2D eigenvalue weighted by molar-refractivity contribution is 5.78. The van der Waals surface area contributed by atoms with Crippen LogP contribution in [0.2, 0.25) is 0 Å². The average molecular weight is 423 g/mol. The van der Waals surface area contributed by atoms with E-state index >= 15 is 0 Å². The molecule has 1 saturated heterocycles. The van der Waals surface area contributed by atoms with Crippen LogP contribution in [0.15, 0.2) is 28.8 Å². The molecular formula is C20H27F2N5O3. The van der Waals surface area contributed by atoms with Gasteiger partial charge in [-0.25, -0.2) is 0 Å². The number of benzene rings is 1. The first kappa shape index (κ1) is 22.1. The van der Waals surface area contributed by atoms with Gasteiger partial charge in [-0.1, -0.05) is 24.2 Å². The number of nitrogens with one attached hydrogen (secondary N) is 1. The summed E-state index contributed by atoms with van der Waals surface area (Å²) in [5, 5.41) is 6.89. The second kappa shape index (κ2) is 10.4. The number of halogens is 2. The molecule has 0 aliphatic carbocycles. The van der Waals surface area contributed by atoms with E-state index in [1.807, 2.05) is 13.8 Å². The van der Waals surface area contributed by atoms with E-state index in [4.69, 9.17) is 4.52 Å². The first-order chi connectivity index (χ1) is 14.4. The highest BCUT2D eigenvalue weighted by atomic mass is 19.3. The molecule has 10 heteroatoms. The normalized spacial score (nSPS) is 16.6. The average Bonchev–Trinajstić information content (AvgIpc) is 3.17. The Morgan fingerprint density at radius 3 is 2.63 bits per heavy atom. The van der Waals surface area contributed by atoms with Gasteiger partial charge >= 0.3 is 6.61 Å². The number of amides is 1. The number of alkyl halides is 2. The molecule has 1 aliphatic heterocycles. The lowest BCUT2D eigenvalue weighted by Gasteiger charge is -2.33. The maximum absolute atomic E-state index is 12.6. The van der Waals surface area contributed by atoms with Crippen molar-refractivity contribution in [2.45, 2.75) is 39.5 Å². The Morgan fingerprint density at radius 1 is 1.23 bits per heavy atom. The van der Waals surface area contributed by atoms with E-state index in [-0.39, 0.29) is 23.5 Å². The Balaban J connectivity index is 1.51. The molecule has 0 spiro atoms. The van der Waals surface area contributed by atoms with Crippen molar-refractivity contribution in [1.82, 2.24) is 25.3 Å². The summed E-state index contributed by atoms with van der Waals surface area (Å²) in [7, 11) is 0. The summed E-state index contributed by atoms with van der Waals surface area (Å²) < 4.78 is 35.0. The first-order valence-electron chi connectivity index (χ1n) is 10.1. The summed E-state index contributed by atoms with van der Waals surface area (Å²) in [5.74, 6) is 0.662. The lowest BCUT2D eigenvalue weighted by Crippen LogP contribution is -2.49. The molecule has 164 valence electrons. The van der Waals surface area contributed by atoms with Gasteiger partial charge < -0.3 is 14.6 Å². The summed E-state index contributed by atoms with van der Waals surface area (Å²) >= 11 is 0. The van der Waals surface area contributed by atoms with Gasteiger partial charge in [0.2, 0.25) is 17.6 Å². The van der Waals surface area contributed by atoms with E-state index in [1.165, 1.54) is 6.07 Å². The Kier molecular flexibility index (Phi) is 7.69. The fourth-order valence-corrected chi connectivity index (χ4v) is 3.20. The molecule has 0 bridgehead atoms. The van der Waals surface area contributed by atoms with Crippen LogP contribution in [0.25, 0.3) is 11.4 Å². The fraction of sp³-hybridized carbons (Fsp3) is 0.550. The Hall–Kier alpha value is -2.59. The molecule has 1 amide bonds. The quantitative estimate of drug-likeness (QED) is 0.663. The van der Waals surface area contributed by atoms with Gasteiger partial charge in [-0.05, 0) is 25.5 Å². The largest absolute Gasteiger partial charge is 0.434 e. The van der Waals surface area contributed by atoms with Gasteiger partial charge in [0.05, 0.1) is 18.7 Å². The van der Waals surface area contributed by atoms with Crippen LogP contribution in [0.5, 0.6) is 5.75 Å². The van der Waals surface area contributed by atoms with E-state index in [2.05, 4.69) is 30.0 Å². The molecule has 1 aromatic heterocycles. The molecule has 1 aliphatic rings. The number of hydrogen-bond acceptors (Lipinski definition) is 7. The summed E-state index contributed by atoms with van der Waals surface area (Å²) in [4.78, 5) is 20.6. The van der Waals surface area contributed by atoms with Crippen molar-refractivity contribution >= 4 is 5.91 Å². The predicted molar refractivity (Wildman–Crippen MR) is 106 cm³/mol. The van der Waals surface area contributed by atoms with E-state index in [0.717, 1.165) is 32.6 Å². The second-order valence-corrected chi connectivity index (χ2v) is 7.32. The number of ether oxygens (including phenoxy) is 1. The number of para-hydroxylation sites is 1. The van der Waals surface area contributed by atoms with Crippen LogP contribution in [-0.4, -0.2) is 71.2 Å². The zero-order chi connectivity index (χ0) is 21.5. The van der Waals surface area contributed by atoms with Crippen LogP contribution >= 0.6 is 0 Å². The minimum atomic E-state index is -2.93. The summed E-state index contributed by atoms with van der Waals surface area (Å²) in [6.07, 6.45) is 0.907. The number of rotatable bonds is 9. The zero-order valence-electron chi connectivity index (χ0n) is 17.2. The SMILES string of the molecule is CCC(C)NC(=O)CN1CCN(Cc2nc(-c3ccccc3OC(F)F)no2)CC1. The number of carbonyl (C=O) groups excluding carboxylic acids is 1. The fourth-order valence-electron chi connectivity index (χ4n) is 3.20. The minimum absolute atomic E-state index is 0.00383. The van der Waals surface area contributed by atoms with E-state index < -0.39 is 6.61 Å². The minimum Gasteiger partial charge on any atom is -0.434 e. The van der Waals surface area contributed by atoms with Crippen LogP contribution < -0.4 is 10.1 Å². The lowest BCUT2D eigenvalue weighted by molar-refractivity contribution is -0.123. The third-order valence-corrected chi connectivity index (χ3v) is 5.02. The molecular weight excluding hydrogens is 396 g/mol. The second-order valence-electron chi connectivity index (χ2n) is 7.32. The summed E-state index contributed by atoms with van der Waals surface area (Å²) in [5.41, 5.74) is 0.352. The number of carbonyl (C=O) groups is 1. The van der Waals surface area contributed by atoms with Crippen LogP contribution in [0.1, 0.15) is 26.2 Å². The van der Waals surface area contributed by atoms with Gasteiger partial charge in [0, 0.05) is 32.2 Å². The highest BCUT2D eigenvalue weighted by Gasteiger charge is 2.22. The van der Waals surface area contributed by atoms with Gasteiger partial charge in [0.15, 0.2) is 0 Å². The van der Waals surface area contributed by atoms with Gasteiger partial charge in [0.25, 0.3) is 0 Å². The highest BCUT2D eigenvalue weighted by Crippen LogP contribution is 2.29. The van der Waals surface area contributed by atoms with Crippen LogP contribution in [-0.2, 0) is 11.3 Å². The summed E-state index contributed by atoms with van der Waals surface area (Å²) in [6, 6.07) is 6.52. The van der Waals surface area contributed by atoms with E-state index in [1.54, 1.807) is 18.2 Å². The van der Waals surface area contributed by atoms with E-state index in [9.17, 15) is 13.6 Å². The molecule has 0 radical (unpaired) electrons. The van der Waals surface area contributed by atoms with Gasteiger partial charge in [0.1, 0.15) is 5.75 Å². The smallest absolute Gasteiger partial charge is 0.387 e. The third kappa shape index (κ3) is 6.20. The molecule has 8 nitrogen and oxygen atoms in total. The molecule has 1 aromatic carbocycles. The Labute approximate surface area is 174 Å². The van der Waals surface area contributed by atoms with Crippen molar-refractivity contribution < 1.29 is 22.8 Å². The van der Waals surface area contributed by atoms with Gasteiger partial charge in [-0.3, -0.25) is 14.6 Å². The third-order valence-electron chi connectivity index (χ3n) is 5.02. The molecule has 1 N–H and O–H groups in total. The maximum atomic E-state index is 12.6. The molecule has 1 atom stereocenters. The predicted octanol–water partition coefficient (Wildman–Crippen LogP) is 2.37. The van der Waals surface area contributed by atoms with E-state index in [0.29, 0.717) is 24.5 Å². The monoisotopic (exact) mass is 423 g/mol. The van der Waals surface area contributed by atoms with Crippen molar-refractivity contribution in [2.24, 2.45) is 0 Å². The number of piperazine rings is 1. The molecule has 1 unspecified atom stereocenters. The summed E-state index contributed by atoms with van der Waals surface area (Å²) in [6.45, 7) is 5.00. The van der Waals surface area contributed by atoms with Crippen molar-refractivity contribution in [2.75, 3.05) is 32.7 Å². The number of aromatic nitrogens is 2. The number of hydrogen-bond donors (Lipinski definition) is 1. The molecule has 0 saturated carbocycles. The number of nitrogens with zero attached hydrogens (tertiary/aromatic N) is 4. The molecule has 30 heavy (non-hydrogen) atoms. The lowest BCUT2D eigenvalue weighted by atomic mass is 10.2. The van der Waals surface area contributed by atoms with Crippen molar-refractivity contribution in [3.63, 3.8) is 0 Å². The topological polar surface area (TPSA) is 83.7 Å². The van der Waals surface area contributed by atoms with Crippen molar-refractivity contribution in [3.05, 3.63) is 30.2 Å². The van der Waals surface area contributed by atoms with Crippen LogP contribution in [0, 0.1) is 0 Å². The van der Waals surface area contributed by atoms with Gasteiger partial charge in [-0.15, -0.1) is 0 Å². The molecule has 2 aromatic rings.